The second-order valence-electron chi connectivity index (χ2n) is 4.56. The lowest BCUT2D eigenvalue weighted by Gasteiger charge is -2.23. The molecule has 0 saturated carbocycles. The summed E-state index contributed by atoms with van der Waals surface area (Å²) >= 11 is 7.66. The summed E-state index contributed by atoms with van der Waals surface area (Å²) in [6.45, 7) is 0.950. The molecular formula is C13H11ClN4S. The molecule has 6 heteroatoms. The maximum absolute atomic E-state index is 5.96. The molecule has 19 heavy (non-hydrogen) atoms. The fraction of sp³-hybridized carbons (Fsp3) is 0.231. The predicted octanol–water partition coefficient (Wildman–Crippen LogP) is 2.68. The standard InChI is InChI=1S/C13H11ClN4S/c14-9-3-1-8(2-4-9)11-12-10(5-6-15-11)18-13(19-12)16-7-17-18/h1-4,7,11,15H,5-6H2. The van der Waals surface area contributed by atoms with Crippen LogP contribution >= 0.6 is 22.9 Å². The van der Waals surface area contributed by atoms with E-state index < -0.39 is 0 Å². The van der Waals surface area contributed by atoms with Crippen molar-refractivity contribution in [3.8, 4) is 0 Å². The average Bonchev–Trinajstić information content (AvgIpc) is 3.00. The molecule has 96 valence electrons. The van der Waals surface area contributed by atoms with Gasteiger partial charge in [-0.3, -0.25) is 0 Å². The molecule has 1 aliphatic rings. The molecule has 0 spiro atoms. The first-order valence-corrected chi connectivity index (χ1v) is 7.32. The van der Waals surface area contributed by atoms with Crippen LogP contribution in [0.2, 0.25) is 5.02 Å². The number of benzene rings is 1. The third-order valence-electron chi connectivity index (χ3n) is 3.43. The van der Waals surface area contributed by atoms with Gasteiger partial charge in [-0.2, -0.15) is 5.10 Å². The molecule has 0 bridgehead atoms. The highest BCUT2D eigenvalue weighted by molar-refractivity contribution is 7.17. The molecule has 0 saturated heterocycles. The first-order chi connectivity index (χ1) is 9.33. The first-order valence-electron chi connectivity index (χ1n) is 6.13. The Kier molecular flexibility index (Phi) is 2.58. The number of nitrogens with one attached hydrogen (secondary N) is 1. The normalized spacial score (nSPS) is 18.7. The Balaban J connectivity index is 1.85. The average molecular weight is 291 g/mol. The van der Waals surface area contributed by atoms with E-state index in [1.54, 1.807) is 17.7 Å². The van der Waals surface area contributed by atoms with Gasteiger partial charge in [-0.1, -0.05) is 35.1 Å². The second-order valence-corrected chi connectivity index (χ2v) is 6.00. The van der Waals surface area contributed by atoms with Gasteiger partial charge in [0.2, 0.25) is 4.96 Å². The highest BCUT2D eigenvalue weighted by Crippen LogP contribution is 2.34. The van der Waals surface area contributed by atoms with Crippen LogP contribution in [0.3, 0.4) is 0 Å². The number of aromatic nitrogens is 3. The minimum absolute atomic E-state index is 0.217. The first kappa shape index (κ1) is 11.4. The third-order valence-corrected chi connectivity index (χ3v) is 4.84. The topological polar surface area (TPSA) is 42.2 Å². The molecule has 2 aromatic heterocycles. The molecule has 1 aromatic carbocycles. The Morgan fingerprint density at radius 3 is 3.00 bits per heavy atom. The van der Waals surface area contributed by atoms with Crippen LogP contribution in [0.5, 0.6) is 0 Å². The Bertz CT molecular complexity index is 731. The Labute approximate surface area is 119 Å². The molecular weight excluding hydrogens is 280 g/mol. The van der Waals surface area contributed by atoms with Gasteiger partial charge in [-0.25, -0.2) is 9.50 Å². The lowest BCUT2D eigenvalue weighted by atomic mass is 10.00. The van der Waals surface area contributed by atoms with Crippen LogP contribution in [0.15, 0.2) is 30.6 Å². The number of hydrogen-bond donors (Lipinski definition) is 1. The Hall–Kier alpha value is -1.43. The van der Waals surface area contributed by atoms with Crippen molar-refractivity contribution in [2.45, 2.75) is 12.5 Å². The highest BCUT2D eigenvalue weighted by atomic mass is 35.5. The van der Waals surface area contributed by atoms with Gasteiger partial charge in [0.1, 0.15) is 6.33 Å². The molecule has 1 aliphatic heterocycles. The summed E-state index contributed by atoms with van der Waals surface area (Å²) in [5.41, 5.74) is 2.51. The van der Waals surface area contributed by atoms with Gasteiger partial charge in [0.15, 0.2) is 0 Å². The van der Waals surface area contributed by atoms with Crippen LogP contribution in [-0.2, 0) is 6.42 Å². The van der Waals surface area contributed by atoms with Crippen LogP contribution in [0, 0.1) is 0 Å². The van der Waals surface area contributed by atoms with Gasteiger partial charge in [-0.05, 0) is 17.7 Å². The summed E-state index contributed by atoms with van der Waals surface area (Å²) < 4.78 is 1.96. The molecule has 3 heterocycles. The van der Waals surface area contributed by atoms with Crippen molar-refractivity contribution in [1.29, 1.82) is 0 Å². The molecule has 1 unspecified atom stereocenters. The van der Waals surface area contributed by atoms with Crippen LogP contribution in [-0.4, -0.2) is 21.1 Å². The molecule has 0 fully saturated rings. The predicted molar refractivity (Wildman–Crippen MR) is 75.9 cm³/mol. The summed E-state index contributed by atoms with van der Waals surface area (Å²) in [7, 11) is 0. The highest BCUT2D eigenvalue weighted by Gasteiger charge is 2.26. The van der Waals surface area contributed by atoms with Gasteiger partial charge >= 0.3 is 0 Å². The lowest BCUT2D eigenvalue weighted by molar-refractivity contribution is 0.562. The molecule has 3 aromatic rings. The summed E-state index contributed by atoms with van der Waals surface area (Å²) in [5, 5.41) is 8.63. The van der Waals surface area contributed by atoms with E-state index in [0.29, 0.717) is 0 Å². The summed E-state index contributed by atoms with van der Waals surface area (Å²) in [6.07, 6.45) is 2.61. The van der Waals surface area contributed by atoms with Crippen LogP contribution in [0.25, 0.3) is 4.96 Å². The van der Waals surface area contributed by atoms with Crippen molar-refractivity contribution in [1.82, 2.24) is 19.9 Å². The number of nitrogens with zero attached hydrogens (tertiary/aromatic N) is 3. The van der Waals surface area contributed by atoms with Gasteiger partial charge in [0.25, 0.3) is 0 Å². The molecule has 4 nitrogen and oxygen atoms in total. The fourth-order valence-corrected chi connectivity index (χ4v) is 3.86. The summed E-state index contributed by atoms with van der Waals surface area (Å²) in [6, 6.07) is 8.23. The van der Waals surface area contributed by atoms with Crippen LogP contribution in [0.4, 0.5) is 0 Å². The molecule has 0 radical (unpaired) electrons. The van der Waals surface area contributed by atoms with Crippen LogP contribution in [0.1, 0.15) is 22.2 Å². The van der Waals surface area contributed by atoms with Crippen molar-refractivity contribution in [3.63, 3.8) is 0 Å². The van der Waals surface area contributed by atoms with Crippen molar-refractivity contribution < 1.29 is 0 Å². The zero-order valence-corrected chi connectivity index (χ0v) is 11.6. The largest absolute Gasteiger partial charge is 0.305 e. The lowest BCUT2D eigenvalue weighted by Crippen LogP contribution is -2.30. The summed E-state index contributed by atoms with van der Waals surface area (Å²) in [5.74, 6) is 0. The third kappa shape index (κ3) is 1.77. The second kappa shape index (κ2) is 4.30. The molecule has 0 amide bonds. The van der Waals surface area contributed by atoms with E-state index in [1.165, 1.54) is 16.1 Å². The van der Waals surface area contributed by atoms with E-state index >= 15 is 0 Å². The van der Waals surface area contributed by atoms with E-state index in [-0.39, 0.29) is 6.04 Å². The number of rotatable bonds is 1. The van der Waals surface area contributed by atoms with E-state index in [1.807, 2.05) is 16.6 Å². The van der Waals surface area contributed by atoms with Crippen molar-refractivity contribution in [2.75, 3.05) is 6.54 Å². The van der Waals surface area contributed by atoms with E-state index in [0.717, 1.165) is 22.9 Å². The number of thiazole rings is 1. The van der Waals surface area contributed by atoms with E-state index in [9.17, 15) is 0 Å². The maximum Gasteiger partial charge on any atom is 0.212 e. The quantitative estimate of drug-likeness (QED) is 0.749. The zero-order valence-electron chi connectivity index (χ0n) is 10.0. The van der Waals surface area contributed by atoms with Crippen molar-refractivity contribution in [2.24, 2.45) is 0 Å². The maximum atomic E-state index is 5.96. The minimum Gasteiger partial charge on any atom is -0.305 e. The van der Waals surface area contributed by atoms with Gasteiger partial charge in [0, 0.05) is 18.0 Å². The van der Waals surface area contributed by atoms with Gasteiger partial charge < -0.3 is 5.32 Å². The molecule has 1 atom stereocenters. The van der Waals surface area contributed by atoms with Crippen molar-refractivity contribution in [3.05, 3.63) is 51.7 Å². The monoisotopic (exact) mass is 290 g/mol. The summed E-state index contributed by atoms with van der Waals surface area (Å²) in [4.78, 5) is 6.56. The number of hydrogen-bond acceptors (Lipinski definition) is 4. The fourth-order valence-electron chi connectivity index (χ4n) is 2.55. The number of fused-ring (bicyclic) bond motifs is 3. The Morgan fingerprint density at radius 2 is 2.16 bits per heavy atom. The zero-order chi connectivity index (χ0) is 12.8. The number of halogens is 1. The van der Waals surface area contributed by atoms with Gasteiger partial charge in [-0.15, -0.1) is 0 Å². The Morgan fingerprint density at radius 1 is 1.32 bits per heavy atom. The van der Waals surface area contributed by atoms with E-state index in [2.05, 4.69) is 27.5 Å². The molecule has 4 rings (SSSR count). The smallest absolute Gasteiger partial charge is 0.212 e. The van der Waals surface area contributed by atoms with E-state index in [4.69, 9.17) is 11.6 Å². The van der Waals surface area contributed by atoms with Crippen molar-refractivity contribution >= 4 is 27.9 Å². The SMILES string of the molecule is Clc1ccc(C2NCCc3c2sc2ncnn32)cc1. The molecule has 0 aliphatic carbocycles. The van der Waals surface area contributed by atoms with Gasteiger partial charge in [0.05, 0.1) is 16.6 Å². The minimum atomic E-state index is 0.217. The van der Waals surface area contributed by atoms with Crippen LogP contribution < -0.4 is 5.32 Å². The molecule has 1 N–H and O–H groups in total.